The Hall–Kier alpha value is 0.150. The first kappa shape index (κ1) is 7.15. The zero-order valence-electron chi connectivity index (χ0n) is 5.33. The van der Waals surface area contributed by atoms with Crippen molar-refractivity contribution in [3.05, 3.63) is 30.6 Å². The Bertz CT molecular complexity index is 84.4. The molecule has 7 heavy (non-hydrogen) atoms. The first-order valence-electron chi connectivity index (χ1n) is 1.85. The van der Waals surface area contributed by atoms with Gasteiger partial charge in [0, 0.05) is 12.4 Å². The molecule has 1 rings (SSSR count). The summed E-state index contributed by atoms with van der Waals surface area (Å²) in [4.78, 5) is 3.78. The van der Waals surface area contributed by atoms with Crippen molar-refractivity contribution in [1.29, 1.82) is 0 Å². The molecule has 0 N–H and O–H groups in total. The maximum absolute atomic E-state index is 3.78. The topological polar surface area (TPSA) is 12.9 Å². The molecular formula is C5H6NNa. The molecule has 0 atom stereocenters. The minimum atomic E-state index is 0. The molecule has 0 unspecified atom stereocenters. The van der Waals surface area contributed by atoms with Crippen LogP contribution >= 0.6 is 0 Å². The van der Waals surface area contributed by atoms with Gasteiger partial charge in [-0.1, -0.05) is 6.07 Å². The van der Waals surface area contributed by atoms with Gasteiger partial charge in [-0.2, -0.15) is 0 Å². The Kier molecular flexibility index (Phi) is 4.41. The molecule has 0 aliphatic rings. The molecule has 32 valence electrons. The quantitative estimate of drug-likeness (QED) is 0.353. The number of nitrogens with zero attached hydrogens (tertiary/aromatic N) is 1. The van der Waals surface area contributed by atoms with E-state index in [-0.39, 0.29) is 31.0 Å². The minimum absolute atomic E-state index is 0. The molecule has 2 heteroatoms. The van der Waals surface area contributed by atoms with Crippen LogP contribution in [0.4, 0.5) is 0 Å². The summed E-state index contributed by atoms with van der Waals surface area (Å²) in [7, 11) is 0. The number of aromatic nitrogens is 1. The molecule has 1 heterocycles. The molecule has 0 fully saturated rings. The van der Waals surface area contributed by atoms with Crippen LogP contribution in [0.3, 0.4) is 0 Å². The van der Waals surface area contributed by atoms with E-state index in [9.17, 15) is 0 Å². The normalized spacial score (nSPS) is 6.86. The average Bonchev–Trinajstić information content (AvgIpc) is 1.72. The molecule has 0 aromatic carbocycles. The van der Waals surface area contributed by atoms with Crippen LogP contribution in [0, 0.1) is 0 Å². The Balaban J connectivity index is 0. The zero-order chi connectivity index (χ0) is 4.24. The van der Waals surface area contributed by atoms with Crippen molar-refractivity contribution in [3.8, 4) is 0 Å². The van der Waals surface area contributed by atoms with E-state index >= 15 is 0 Å². The summed E-state index contributed by atoms with van der Waals surface area (Å²) in [5, 5.41) is 0. The minimum Gasteiger partial charge on any atom is -1.00 e. The van der Waals surface area contributed by atoms with Crippen molar-refractivity contribution in [3.63, 3.8) is 0 Å². The summed E-state index contributed by atoms with van der Waals surface area (Å²) in [5.74, 6) is 0. The van der Waals surface area contributed by atoms with Crippen LogP contribution in [0.2, 0.25) is 0 Å². The Morgan fingerprint density at radius 2 is 1.57 bits per heavy atom. The van der Waals surface area contributed by atoms with E-state index in [0.29, 0.717) is 0 Å². The average molecular weight is 103 g/mol. The molecule has 0 bridgehead atoms. The van der Waals surface area contributed by atoms with Gasteiger partial charge >= 0.3 is 29.6 Å². The SMILES string of the molecule is [H-].[Na+].c1ccncc1. The van der Waals surface area contributed by atoms with E-state index in [2.05, 4.69) is 4.98 Å². The Labute approximate surface area is 66.5 Å². The van der Waals surface area contributed by atoms with E-state index < -0.39 is 0 Å². The molecule has 1 aromatic heterocycles. The number of hydrogen-bond donors (Lipinski definition) is 0. The van der Waals surface area contributed by atoms with Crippen molar-refractivity contribution in [2.24, 2.45) is 0 Å². The fourth-order valence-electron chi connectivity index (χ4n) is 0.313. The van der Waals surface area contributed by atoms with E-state index in [4.69, 9.17) is 0 Å². The number of pyridine rings is 1. The monoisotopic (exact) mass is 103 g/mol. The molecule has 0 aliphatic carbocycles. The van der Waals surface area contributed by atoms with Gasteiger partial charge in [0.2, 0.25) is 0 Å². The van der Waals surface area contributed by atoms with E-state index in [1.807, 2.05) is 18.2 Å². The van der Waals surface area contributed by atoms with Crippen LogP contribution in [0.15, 0.2) is 30.6 Å². The van der Waals surface area contributed by atoms with Crippen molar-refractivity contribution >= 4 is 0 Å². The third-order valence-corrected chi connectivity index (χ3v) is 0.566. The number of hydrogen-bond acceptors (Lipinski definition) is 1. The predicted octanol–water partition coefficient (Wildman–Crippen LogP) is -1.80. The fourth-order valence-corrected chi connectivity index (χ4v) is 0.313. The van der Waals surface area contributed by atoms with Crippen LogP contribution in [0.5, 0.6) is 0 Å². The van der Waals surface area contributed by atoms with Crippen molar-refractivity contribution < 1.29 is 31.0 Å². The van der Waals surface area contributed by atoms with Gasteiger partial charge in [0.25, 0.3) is 0 Å². The predicted molar refractivity (Wildman–Crippen MR) is 25.3 cm³/mol. The summed E-state index contributed by atoms with van der Waals surface area (Å²) in [5.41, 5.74) is 0. The molecule has 1 aromatic rings. The fraction of sp³-hybridized carbons (Fsp3) is 0. The van der Waals surface area contributed by atoms with Crippen molar-refractivity contribution in [1.82, 2.24) is 4.98 Å². The smallest absolute Gasteiger partial charge is 1.00 e. The van der Waals surface area contributed by atoms with Gasteiger partial charge in [-0.25, -0.2) is 0 Å². The van der Waals surface area contributed by atoms with Crippen LogP contribution in [-0.2, 0) is 0 Å². The largest absolute Gasteiger partial charge is 1.00 e. The van der Waals surface area contributed by atoms with Gasteiger partial charge in [-0.15, -0.1) is 0 Å². The van der Waals surface area contributed by atoms with Gasteiger partial charge in [0.15, 0.2) is 0 Å². The first-order chi connectivity index (χ1) is 3.00. The second-order valence-electron chi connectivity index (χ2n) is 1.02. The molecular weight excluding hydrogens is 97.1 g/mol. The maximum atomic E-state index is 3.78. The van der Waals surface area contributed by atoms with Gasteiger partial charge in [0.1, 0.15) is 0 Å². The van der Waals surface area contributed by atoms with Crippen LogP contribution in [-0.4, -0.2) is 4.98 Å². The summed E-state index contributed by atoms with van der Waals surface area (Å²) in [6, 6.07) is 5.72. The summed E-state index contributed by atoms with van der Waals surface area (Å²) >= 11 is 0. The maximum Gasteiger partial charge on any atom is 1.00 e. The van der Waals surface area contributed by atoms with Gasteiger partial charge in [-0.3, -0.25) is 4.98 Å². The molecule has 0 radical (unpaired) electrons. The van der Waals surface area contributed by atoms with E-state index in [1.54, 1.807) is 12.4 Å². The Morgan fingerprint density at radius 3 is 1.71 bits per heavy atom. The summed E-state index contributed by atoms with van der Waals surface area (Å²) < 4.78 is 0. The van der Waals surface area contributed by atoms with Gasteiger partial charge in [0.05, 0.1) is 0 Å². The molecule has 0 aliphatic heterocycles. The molecule has 0 amide bonds. The first-order valence-corrected chi connectivity index (χ1v) is 1.85. The zero-order valence-corrected chi connectivity index (χ0v) is 6.33. The van der Waals surface area contributed by atoms with E-state index in [0.717, 1.165) is 0 Å². The number of rotatable bonds is 0. The molecule has 0 spiro atoms. The van der Waals surface area contributed by atoms with E-state index in [1.165, 1.54) is 0 Å². The van der Waals surface area contributed by atoms with Crippen LogP contribution < -0.4 is 29.6 Å². The standard InChI is InChI=1S/C5H5N.Na.H/c1-2-4-6-5-3-1;;/h1-5H;;/q;+1;-1. The van der Waals surface area contributed by atoms with Crippen molar-refractivity contribution in [2.45, 2.75) is 0 Å². The van der Waals surface area contributed by atoms with Crippen LogP contribution in [0.25, 0.3) is 0 Å². The second kappa shape index (κ2) is 4.31. The third-order valence-electron chi connectivity index (χ3n) is 0.566. The Morgan fingerprint density at radius 1 is 1.00 bits per heavy atom. The second-order valence-corrected chi connectivity index (χ2v) is 1.02. The van der Waals surface area contributed by atoms with Gasteiger partial charge < -0.3 is 1.43 Å². The van der Waals surface area contributed by atoms with Crippen LogP contribution in [0.1, 0.15) is 1.43 Å². The molecule has 0 saturated carbocycles. The third kappa shape index (κ3) is 2.80. The van der Waals surface area contributed by atoms with Gasteiger partial charge in [-0.05, 0) is 12.1 Å². The molecule has 1 nitrogen and oxygen atoms in total. The van der Waals surface area contributed by atoms with Crippen molar-refractivity contribution in [2.75, 3.05) is 0 Å². The molecule has 0 saturated heterocycles. The summed E-state index contributed by atoms with van der Waals surface area (Å²) in [6.07, 6.45) is 3.50. The summed E-state index contributed by atoms with van der Waals surface area (Å²) in [6.45, 7) is 0.